The fourth-order valence-corrected chi connectivity index (χ4v) is 2.07. The highest BCUT2D eigenvalue weighted by Gasteiger charge is 2.30. The summed E-state index contributed by atoms with van der Waals surface area (Å²) < 4.78 is 5.17. The maximum Gasteiger partial charge on any atom is 0.475 e. The first kappa shape index (κ1) is 14.7. The van der Waals surface area contributed by atoms with E-state index in [1.54, 1.807) is 39.0 Å². The number of carbonyl (C=O) groups excluding carboxylic acids is 1. The first-order valence-corrected chi connectivity index (χ1v) is 6.50. The Morgan fingerprint density at radius 1 is 1.45 bits per heavy atom. The highest BCUT2D eigenvalue weighted by atomic mass is 16.6. The SMILES string of the molecule is CC(C)(C)OC(=O)Nc1ccc2c(c1)CC(B(O)O)N2. The number of carbonyl (C=O) groups is 1. The van der Waals surface area contributed by atoms with Gasteiger partial charge in [-0.25, -0.2) is 4.79 Å². The minimum Gasteiger partial charge on any atom is -0.444 e. The molecule has 0 aliphatic carbocycles. The van der Waals surface area contributed by atoms with Gasteiger partial charge in [-0.3, -0.25) is 5.32 Å². The van der Waals surface area contributed by atoms with Crippen molar-refractivity contribution >= 4 is 24.6 Å². The van der Waals surface area contributed by atoms with Gasteiger partial charge in [0.1, 0.15) is 5.60 Å². The molecular weight excluding hydrogens is 259 g/mol. The Morgan fingerprint density at radius 2 is 2.15 bits per heavy atom. The van der Waals surface area contributed by atoms with Gasteiger partial charge in [0.2, 0.25) is 0 Å². The fraction of sp³-hybridized carbons (Fsp3) is 0.462. The molecule has 0 spiro atoms. The van der Waals surface area contributed by atoms with Gasteiger partial charge in [-0.15, -0.1) is 0 Å². The van der Waals surface area contributed by atoms with Crippen LogP contribution in [0.4, 0.5) is 16.2 Å². The molecule has 1 aliphatic rings. The van der Waals surface area contributed by atoms with Crippen molar-refractivity contribution in [2.75, 3.05) is 10.6 Å². The highest BCUT2D eigenvalue weighted by molar-refractivity contribution is 6.44. The van der Waals surface area contributed by atoms with E-state index in [1.807, 2.05) is 0 Å². The predicted octanol–water partition coefficient (Wildman–Crippen LogP) is 1.38. The lowest BCUT2D eigenvalue weighted by atomic mass is 9.78. The molecule has 1 unspecified atom stereocenters. The Kier molecular flexibility index (Phi) is 3.92. The number of nitrogens with one attached hydrogen (secondary N) is 2. The minimum atomic E-state index is -1.41. The average Bonchev–Trinajstić information content (AvgIpc) is 2.69. The summed E-state index contributed by atoms with van der Waals surface area (Å²) in [6.45, 7) is 5.39. The topological polar surface area (TPSA) is 90.8 Å². The Bertz CT molecular complexity index is 514. The van der Waals surface area contributed by atoms with Gasteiger partial charge in [0.25, 0.3) is 0 Å². The van der Waals surface area contributed by atoms with E-state index in [0.29, 0.717) is 12.1 Å². The van der Waals surface area contributed by atoms with Crippen LogP contribution in [0.2, 0.25) is 0 Å². The standard InChI is InChI=1S/C13H19BN2O4/c1-13(2,3)20-12(17)15-9-4-5-10-8(6-9)7-11(16-10)14(18)19/h4-6,11,16,18-19H,7H2,1-3H3,(H,15,17). The molecule has 1 amide bonds. The molecule has 2 rings (SSSR count). The van der Waals surface area contributed by atoms with Crippen molar-refractivity contribution in [1.29, 1.82) is 0 Å². The maximum atomic E-state index is 11.7. The van der Waals surface area contributed by atoms with Crippen molar-refractivity contribution < 1.29 is 19.6 Å². The molecule has 108 valence electrons. The summed E-state index contributed by atoms with van der Waals surface area (Å²) in [6.07, 6.45) is -0.0150. The van der Waals surface area contributed by atoms with Crippen LogP contribution in [0.1, 0.15) is 26.3 Å². The second-order valence-electron chi connectivity index (χ2n) is 5.87. The van der Waals surface area contributed by atoms with Crippen molar-refractivity contribution in [2.45, 2.75) is 38.7 Å². The van der Waals surface area contributed by atoms with E-state index >= 15 is 0 Å². The fourth-order valence-electron chi connectivity index (χ4n) is 2.07. The molecule has 0 fully saturated rings. The van der Waals surface area contributed by atoms with Crippen molar-refractivity contribution in [3.63, 3.8) is 0 Å². The molecule has 0 saturated heterocycles. The summed E-state index contributed by atoms with van der Waals surface area (Å²) in [7, 11) is -1.41. The van der Waals surface area contributed by atoms with Gasteiger partial charge >= 0.3 is 13.2 Å². The van der Waals surface area contributed by atoms with Gasteiger partial charge in [0, 0.05) is 11.4 Å². The van der Waals surface area contributed by atoms with Crippen molar-refractivity contribution in [3.8, 4) is 0 Å². The van der Waals surface area contributed by atoms with Gasteiger partial charge in [-0.05, 0) is 51.0 Å². The molecule has 0 bridgehead atoms. The van der Waals surface area contributed by atoms with E-state index in [2.05, 4.69) is 10.6 Å². The Hall–Kier alpha value is -1.73. The van der Waals surface area contributed by atoms with E-state index < -0.39 is 24.8 Å². The number of amides is 1. The number of benzene rings is 1. The molecule has 20 heavy (non-hydrogen) atoms. The van der Waals surface area contributed by atoms with Crippen molar-refractivity contribution in [3.05, 3.63) is 23.8 Å². The Morgan fingerprint density at radius 3 is 2.75 bits per heavy atom. The molecule has 1 atom stereocenters. The van der Waals surface area contributed by atoms with E-state index in [0.717, 1.165) is 11.3 Å². The second kappa shape index (κ2) is 5.34. The number of hydrogen-bond donors (Lipinski definition) is 4. The second-order valence-corrected chi connectivity index (χ2v) is 5.87. The van der Waals surface area contributed by atoms with Gasteiger partial charge in [-0.1, -0.05) is 0 Å². The Balaban J connectivity index is 2.03. The lowest BCUT2D eigenvalue weighted by molar-refractivity contribution is 0.0636. The van der Waals surface area contributed by atoms with Crippen LogP contribution >= 0.6 is 0 Å². The third-order valence-electron chi connectivity index (χ3n) is 2.89. The molecule has 1 aromatic carbocycles. The van der Waals surface area contributed by atoms with Gasteiger partial charge < -0.3 is 20.1 Å². The van der Waals surface area contributed by atoms with Crippen LogP contribution in [-0.4, -0.2) is 34.8 Å². The molecule has 0 radical (unpaired) electrons. The molecule has 4 N–H and O–H groups in total. The van der Waals surface area contributed by atoms with Gasteiger partial charge in [0.05, 0.1) is 5.94 Å². The number of anilines is 2. The van der Waals surface area contributed by atoms with Crippen LogP contribution < -0.4 is 10.6 Å². The normalized spacial score (nSPS) is 17.1. The molecule has 7 heteroatoms. The van der Waals surface area contributed by atoms with E-state index in [-0.39, 0.29) is 0 Å². The highest BCUT2D eigenvalue weighted by Crippen LogP contribution is 2.29. The van der Waals surface area contributed by atoms with Crippen molar-refractivity contribution in [1.82, 2.24) is 0 Å². The summed E-state index contributed by atoms with van der Waals surface area (Å²) in [6, 6.07) is 5.33. The average molecular weight is 278 g/mol. The summed E-state index contributed by atoms with van der Waals surface area (Å²) in [5, 5.41) is 24.0. The molecule has 0 saturated carbocycles. The van der Waals surface area contributed by atoms with E-state index in [9.17, 15) is 4.79 Å². The van der Waals surface area contributed by atoms with Crippen LogP contribution in [0.15, 0.2) is 18.2 Å². The zero-order valence-electron chi connectivity index (χ0n) is 11.8. The number of ether oxygens (including phenoxy) is 1. The van der Waals surface area contributed by atoms with Crippen LogP contribution in [0, 0.1) is 0 Å². The zero-order chi connectivity index (χ0) is 14.9. The lowest BCUT2D eigenvalue weighted by Gasteiger charge is -2.19. The lowest BCUT2D eigenvalue weighted by Crippen LogP contribution is -2.35. The smallest absolute Gasteiger partial charge is 0.444 e. The third-order valence-corrected chi connectivity index (χ3v) is 2.89. The summed E-state index contributed by atoms with van der Waals surface area (Å²) in [4.78, 5) is 11.7. The van der Waals surface area contributed by atoms with Crippen molar-refractivity contribution in [2.24, 2.45) is 0 Å². The first-order chi connectivity index (χ1) is 9.24. The van der Waals surface area contributed by atoms with Gasteiger partial charge in [0.15, 0.2) is 0 Å². The Labute approximate surface area is 118 Å². The number of fused-ring (bicyclic) bond motifs is 1. The van der Waals surface area contributed by atoms with Crippen LogP contribution in [-0.2, 0) is 11.2 Å². The van der Waals surface area contributed by atoms with Crippen LogP contribution in [0.5, 0.6) is 0 Å². The number of hydrogen-bond acceptors (Lipinski definition) is 5. The molecule has 0 aromatic heterocycles. The van der Waals surface area contributed by atoms with E-state index in [4.69, 9.17) is 14.8 Å². The van der Waals surface area contributed by atoms with Crippen LogP contribution in [0.25, 0.3) is 0 Å². The monoisotopic (exact) mass is 278 g/mol. The molecular formula is C13H19BN2O4. The quantitative estimate of drug-likeness (QED) is 0.613. The summed E-state index contributed by atoms with van der Waals surface area (Å²) >= 11 is 0. The zero-order valence-corrected chi connectivity index (χ0v) is 11.8. The van der Waals surface area contributed by atoms with E-state index in [1.165, 1.54) is 0 Å². The number of rotatable bonds is 2. The predicted molar refractivity (Wildman–Crippen MR) is 77.6 cm³/mol. The van der Waals surface area contributed by atoms with Gasteiger partial charge in [-0.2, -0.15) is 0 Å². The first-order valence-electron chi connectivity index (χ1n) is 6.50. The molecule has 1 heterocycles. The maximum absolute atomic E-state index is 11.7. The third kappa shape index (κ3) is 3.65. The minimum absolute atomic E-state index is 0.415. The van der Waals surface area contributed by atoms with Crippen LogP contribution in [0.3, 0.4) is 0 Å². The molecule has 6 nitrogen and oxygen atoms in total. The summed E-state index contributed by atoms with van der Waals surface area (Å²) in [5.74, 6) is -0.415. The summed E-state index contributed by atoms with van der Waals surface area (Å²) in [5.41, 5.74) is 1.84. The largest absolute Gasteiger partial charge is 0.475 e. The molecule has 1 aliphatic heterocycles. The molecule has 1 aromatic rings.